The molecule has 10 aromatic carbocycles. The van der Waals surface area contributed by atoms with E-state index < -0.39 is 10.8 Å². The van der Waals surface area contributed by atoms with Gasteiger partial charge >= 0.3 is 0 Å². The summed E-state index contributed by atoms with van der Waals surface area (Å²) in [5, 5.41) is 0. The topological polar surface area (TPSA) is 6.48 Å². The molecule has 0 fully saturated rings. The Kier molecular flexibility index (Phi) is 9.21. The summed E-state index contributed by atoms with van der Waals surface area (Å²) < 4.78 is 0. The van der Waals surface area contributed by atoms with Crippen LogP contribution < -0.4 is 9.80 Å². The van der Waals surface area contributed by atoms with Gasteiger partial charge in [0.1, 0.15) is 0 Å². The molecular weight excluding hydrogens is 785 g/mol. The Morgan fingerprint density at radius 2 is 0.708 bits per heavy atom. The minimum atomic E-state index is -0.516. The van der Waals surface area contributed by atoms with Crippen LogP contribution in [0.5, 0.6) is 0 Å². The fourth-order valence-corrected chi connectivity index (χ4v) is 11.2. The number of benzene rings is 10. The molecule has 0 saturated carbocycles. The van der Waals surface area contributed by atoms with Crippen LogP contribution in [0, 0.1) is 0 Å². The lowest BCUT2D eigenvalue weighted by Gasteiger charge is -2.35. The maximum atomic E-state index is 2.47. The van der Waals surface area contributed by atoms with Gasteiger partial charge in [-0.2, -0.15) is 0 Å². The zero-order valence-corrected chi connectivity index (χ0v) is 36.2. The minimum Gasteiger partial charge on any atom is -0.310 e. The second kappa shape index (κ2) is 15.6. The molecule has 0 N–H and O–H groups in total. The third-order valence-corrected chi connectivity index (χ3v) is 14.0. The summed E-state index contributed by atoms with van der Waals surface area (Å²) in [4.78, 5) is 4.86. The van der Waals surface area contributed by atoms with Crippen molar-refractivity contribution in [3.8, 4) is 22.3 Å². The summed E-state index contributed by atoms with van der Waals surface area (Å²) in [6.45, 7) is 2.42. The van der Waals surface area contributed by atoms with E-state index in [1.165, 1.54) is 61.2 Å². The first-order valence-electron chi connectivity index (χ1n) is 22.6. The van der Waals surface area contributed by atoms with Gasteiger partial charge in [0.15, 0.2) is 0 Å². The molecule has 2 aliphatic rings. The van der Waals surface area contributed by atoms with Crippen molar-refractivity contribution in [2.24, 2.45) is 0 Å². The summed E-state index contributed by atoms with van der Waals surface area (Å²) in [6.07, 6.45) is 0. The summed E-state index contributed by atoms with van der Waals surface area (Å²) in [7, 11) is 0. The van der Waals surface area contributed by atoms with E-state index in [4.69, 9.17) is 0 Å². The van der Waals surface area contributed by atoms with Gasteiger partial charge in [0, 0.05) is 39.4 Å². The van der Waals surface area contributed by atoms with Gasteiger partial charge in [-0.25, -0.2) is 0 Å². The molecule has 0 amide bonds. The Bertz CT molecular complexity index is 3240. The predicted molar refractivity (Wildman–Crippen MR) is 271 cm³/mol. The maximum absolute atomic E-state index is 2.47. The van der Waals surface area contributed by atoms with Gasteiger partial charge in [-0.1, -0.05) is 194 Å². The largest absolute Gasteiger partial charge is 0.310 e. The molecule has 0 radical (unpaired) electrons. The summed E-state index contributed by atoms with van der Waals surface area (Å²) in [5.74, 6) is 0. The van der Waals surface area contributed by atoms with Crippen molar-refractivity contribution in [3.63, 3.8) is 0 Å². The van der Waals surface area contributed by atoms with Gasteiger partial charge in [0.2, 0.25) is 0 Å². The first-order chi connectivity index (χ1) is 32.2. The average Bonchev–Trinajstić information content (AvgIpc) is 3.83. The van der Waals surface area contributed by atoms with Crippen molar-refractivity contribution in [3.05, 3.63) is 300 Å². The molecule has 0 bridgehead atoms. The van der Waals surface area contributed by atoms with E-state index in [-0.39, 0.29) is 0 Å². The molecular formula is C63H46N2. The van der Waals surface area contributed by atoms with E-state index in [0.29, 0.717) is 0 Å². The SMILES string of the molecule is CC1(c2ccccc2)c2cc(N(c3ccccc3)c3cccc(C4(c5ccccc5)c5ccccc5-c5ccccc54)c3)ccc2-c2c(N(c3ccccc3)c3ccccc3)cccc21. The van der Waals surface area contributed by atoms with Crippen LogP contribution in [0.15, 0.2) is 261 Å². The number of nitrogens with zero attached hydrogens (tertiary/aromatic N) is 2. The summed E-state index contributed by atoms with van der Waals surface area (Å²) in [5.41, 5.74) is 19.7. The molecule has 2 aliphatic carbocycles. The van der Waals surface area contributed by atoms with Crippen LogP contribution in [0.4, 0.5) is 34.1 Å². The van der Waals surface area contributed by atoms with Gasteiger partial charge in [-0.3, -0.25) is 0 Å². The van der Waals surface area contributed by atoms with Crippen LogP contribution in [0.1, 0.15) is 45.9 Å². The lowest BCUT2D eigenvalue weighted by atomic mass is 9.67. The second-order valence-electron chi connectivity index (χ2n) is 17.4. The van der Waals surface area contributed by atoms with Gasteiger partial charge in [-0.05, 0) is 129 Å². The maximum Gasteiger partial charge on any atom is 0.0714 e. The highest BCUT2D eigenvalue weighted by atomic mass is 15.2. The van der Waals surface area contributed by atoms with Gasteiger partial charge in [0.25, 0.3) is 0 Å². The Hall–Kier alpha value is -8.20. The molecule has 1 atom stereocenters. The molecule has 1 unspecified atom stereocenters. The van der Waals surface area contributed by atoms with Crippen molar-refractivity contribution in [1.82, 2.24) is 0 Å². The fourth-order valence-electron chi connectivity index (χ4n) is 11.2. The predicted octanol–water partition coefficient (Wildman–Crippen LogP) is 16.3. The molecule has 65 heavy (non-hydrogen) atoms. The molecule has 2 heteroatoms. The number of fused-ring (bicyclic) bond motifs is 6. The highest BCUT2D eigenvalue weighted by Gasteiger charge is 2.47. The van der Waals surface area contributed by atoms with E-state index in [0.717, 1.165) is 34.1 Å². The van der Waals surface area contributed by atoms with Crippen molar-refractivity contribution in [2.45, 2.75) is 17.8 Å². The van der Waals surface area contributed by atoms with Crippen molar-refractivity contribution < 1.29 is 0 Å². The Morgan fingerprint density at radius 1 is 0.277 bits per heavy atom. The number of anilines is 6. The third kappa shape index (κ3) is 5.95. The molecule has 2 nitrogen and oxygen atoms in total. The molecule has 0 spiro atoms. The number of para-hydroxylation sites is 3. The fraction of sp³-hybridized carbons (Fsp3) is 0.0476. The van der Waals surface area contributed by atoms with E-state index in [1.807, 2.05) is 0 Å². The minimum absolute atomic E-state index is 0.449. The molecule has 0 aromatic heterocycles. The van der Waals surface area contributed by atoms with E-state index in [1.54, 1.807) is 0 Å². The van der Waals surface area contributed by atoms with Crippen LogP contribution in [0.3, 0.4) is 0 Å². The Labute approximate surface area is 382 Å². The van der Waals surface area contributed by atoms with Crippen LogP contribution in [-0.4, -0.2) is 0 Å². The molecule has 0 heterocycles. The van der Waals surface area contributed by atoms with Gasteiger partial charge < -0.3 is 9.80 Å². The first kappa shape index (κ1) is 38.5. The monoisotopic (exact) mass is 830 g/mol. The normalized spacial score (nSPS) is 15.0. The molecule has 0 aliphatic heterocycles. The molecule has 12 rings (SSSR count). The molecule has 308 valence electrons. The Balaban J connectivity index is 1.09. The number of hydrogen-bond donors (Lipinski definition) is 0. The zero-order chi connectivity index (χ0) is 43.4. The van der Waals surface area contributed by atoms with E-state index >= 15 is 0 Å². The lowest BCUT2D eigenvalue weighted by Crippen LogP contribution is -2.28. The van der Waals surface area contributed by atoms with Crippen molar-refractivity contribution >= 4 is 34.1 Å². The summed E-state index contributed by atoms with van der Waals surface area (Å²) >= 11 is 0. The van der Waals surface area contributed by atoms with Crippen LogP contribution in [0.25, 0.3) is 22.3 Å². The zero-order valence-electron chi connectivity index (χ0n) is 36.2. The highest BCUT2D eigenvalue weighted by Crippen LogP contribution is 2.59. The molecule has 10 aromatic rings. The smallest absolute Gasteiger partial charge is 0.0714 e. The Morgan fingerprint density at radius 3 is 1.29 bits per heavy atom. The third-order valence-electron chi connectivity index (χ3n) is 14.0. The highest BCUT2D eigenvalue weighted by molar-refractivity contribution is 5.97. The second-order valence-corrected chi connectivity index (χ2v) is 17.4. The van der Waals surface area contributed by atoms with E-state index in [9.17, 15) is 0 Å². The van der Waals surface area contributed by atoms with Gasteiger partial charge in [0.05, 0.1) is 11.1 Å². The van der Waals surface area contributed by atoms with Crippen LogP contribution >= 0.6 is 0 Å². The van der Waals surface area contributed by atoms with Crippen LogP contribution in [0.2, 0.25) is 0 Å². The van der Waals surface area contributed by atoms with E-state index in [2.05, 4.69) is 278 Å². The lowest BCUT2D eigenvalue weighted by molar-refractivity contribution is 0.714. The van der Waals surface area contributed by atoms with Crippen molar-refractivity contribution in [1.29, 1.82) is 0 Å². The molecule has 0 saturated heterocycles. The average molecular weight is 831 g/mol. The number of hydrogen-bond acceptors (Lipinski definition) is 2. The number of rotatable bonds is 9. The standard InChI is InChI=1S/C63H46N2/c1-62(45-23-7-2-8-24-45)58-39-22-40-60(65(49-30-13-5-14-31-49)50-32-15-6-16-33-50)61(58)55-42-41-52(44-59(55)62)64(48-28-11-4-12-29-48)51-34-21-27-47(43-51)63(46-25-9-3-10-26-46)56-37-19-17-35-53(56)54-36-18-20-38-57(54)63/h2-44H,1H3. The quantitative estimate of drug-likeness (QED) is 0.143. The van der Waals surface area contributed by atoms with Crippen LogP contribution in [-0.2, 0) is 10.8 Å². The van der Waals surface area contributed by atoms with Gasteiger partial charge in [-0.15, -0.1) is 0 Å². The first-order valence-corrected chi connectivity index (χ1v) is 22.6. The summed E-state index contributed by atoms with van der Waals surface area (Å²) in [6, 6.07) is 95.8. The van der Waals surface area contributed by atoms with Crippen molar-refractivity contribution in [2.75, 3.05) is 9.80 Å².